The van der Waals surface area contributed by atoms with Crippen LogP contribution in [0.5, 0.6) is 0 Å². The predicted molar refractivity (Wildman–Crippen MR) is 118 cm³/mol. The molecular weight excluding hydrogens is 505 g/mol. The van der Waals surface area contributed by atoms with Crippen molar-refractivity contribution in [3.63, 3.8) is 0 Å². The van der Waals surface area contributed by atoms with E-state index in [1.54, 1.807) is 20.8 Å². The van der Waals surface area contributed by atoms with Gasteiger partial charge in [0, 0.05) is 52.3 Å². The van der Waals surface area contributed by atoms with Gasteiger partial charge in [0.15, 0.2) is 0 Å². The molecule has 185 valence electrons. The number of nitrogens with one attached hydrogen (secondary N) is 3. The summed E-state index contributed by atoms with van der Waals surface area (Å²) >= 11 is 0. The van der Waals surface area contributed by atoms with Crippen molar-refractivity contribution in [2.24, 2.45) is 11.3 Å². The normalized spacial score (nSPS) is 18.1. The van der Waals surface area contributed by atoms with Crippen LogP contribution in [-0.2, 0) is 51.8 Å². The molecule has 0 unspecified atom stereocenters. The molecule has 10 nitrogen and oxygen atoms in total. The van der Waals surface area contributed by atoms with Crippen LogP contribution in [0.3, 0.4) is 0 Å². The SMILES string of the molecule is [CH2-]C(=O)NCC1(C2CCN(C(=O)OC(C)(C)C)CC2)C(=O)NC(=O)NC1=O.[CH2-]CCCC.[Y]. The molecule has 2 aliphatic rings. The average Bonchev–Trinajstić information content (AvgIpc) is 2.67. The van der Waals surface area contributed by atoms with E-state index >= 15 is 0 Å². The number of hydrogen-bond donors (Lipinski definition) is 3. The third-order valence-corrected chi connectivity index (χ3v) is 5.28. The molecule has 2 fully saturated rings. The molecule has 2 saturated heterocycles. The van der Waals surface area contributed by atoms with E-state index in [9.17, 15) is 24.0 Å². The number of urea groups is 1. The van der Waals surface area contributed by atoms with E-state index < -0.39 is 46.8 Å². The first kappa shape index (κ1) is 31.3. The van der Waals surface area contributed by atoms with Gasteiger partial charge in [-0.2, -0.15) is 6.42 Å². The molecule has 2 heterocycles. The molecule has 2 aliphatic heterocycles. The number of imide groups is 2. The second kappa shape index (κ2) is 13.9. The average molecular weight is 541 g/mol. The molecule has 0 aromatic rings. The summed E-state index contributed by atoms with van der Waals surface area (Å²) in [4.78, 5) is 61.6. The van der Waals surface area contributed by atoms with Crippen LogP contribution < -0.4 is 16.0 Å². The number of piperidine rings is 1. The van der Waals surface area contributed by atoms with Crippen LogP contribution in [0.4, 0.5) is 9.59 Å². The van der Waals surface area contributed by atoms with E-state index in [1.165, 1.54) is 17.7 Å². The quantitative estimate of drug-likeness (QED) is 0.360. The first-order valence-electron chi connectivity index (χ1n) is 10.9. The van der Waals surface area contributed by atoms with Gasteiger partial charge in [0.2, 0.25) is 11.8 Å². The second-order valence-electron chi connectivity index (χ2n) is 8.93. The summed E-state index contributed by atoms with van der Waals surface area (Å²) in [6.07, 6.45) is 3.86. The van der Waals surface area contributed by atoms with Gasteiger partial charge < -0.3 is 33.6 Å². The van der Waals surface area contributed by atoms with Gasteiger partial charge in [-0.3, -0.25) is 20.2 Å². The Bertz CT molecular complexity index is 692. The Morgan fingerprint density at radius 1 is 1.15 bits per heavy atom. The smallest absolute Gasteiger partial charge is 0.410 e. The van der Waals surface area contributed by atoms with Crippen molar-refractivity contribution in [3.8, 4) is 0 Å². The third kappa shape index (κ3) is 9.24. The van der Waals surface area contributed by atoms with E-state index in [0.717, 1.165) is 6.42 Å². The number of hydrogen-bond acceptors (Lipinski definition) is 6. The molecule has 33 heavy (non-hydrogen) atoms. The minimum Gasteiger partial charge on any atom is -0.444 e. The molecule has 2 rings (SSSR count). The number of unbranched alkanes of at least 4 members (excludes halogenated alkanes) is 2. The molecule has 3 N–H and O–H groups in total. The molecule has 0 atom stereocenters. The predicted octanol–water partition coefficient (Wildman–Crippen LogP) is 1.94. The summed E-state index contributed by atoms with van der Waals surface area (Å²) in [5.74, 6) is -2.64. The summed E-state index contributed by atoms with van der Waals surface area (Å²) in [6, 6.07) is -0.896. The van der Waals surface area contributed by atoms with Gasteiger partial charge in [0.25, 0.3) is 0 Å². The molecule has 0 aromatic heterocycles. The topological polar surface area (TPSA) is 134 Å². The van der Waals surface area contributed by atoms with Gasteiger partial charge in [-0.25, -0.2) is 9.59 Å². The van der Waals surface area contributed by atoms with Gasteiger partial charge in [-0.1, -0.05) is 19.8 Å². The Hall–Kier alpha value is -1.68. The van der Waals surface area contributed by atoms with E-state index in [-0.39, 0.29) is 52.3 Å². The van der Waals surface area contributed by atoms with Crippen LogP contribution in [0.15, 0.2) is 0 Å². The summed E-state index contributed by atoms with van der Waals surface area (Å²) in [5.41, 5.74) is -2.27. The van der Waals surface area contributed by atoms with Crippen molar-refractivity contribution in [3.05, 3.63) is 13.8 Å². The molecule has 0 aromatic carbocycles. The van der Waals surface area contributed by atoms with Gasteiger partial charge >= 0.3 is 12.1 Å². The first-order chi connectivity index (χ1) is 14.9. The number of nitrogens with zero attached hydrogens (tertiary/aromatic N) is 1. The van der Waals surface area contributed by atoms with Gasteiger partial charge in [0.1, 0.15) is 11.0 Å². The molecule has 1 radical (unpaired) electrons. The summed E-state index contributed by atoms with van der Waals surface area (Å²) < 4.78 is 5.34. The molecule has 0 saturated carbocycles. The fraction of sp³-hybridized carbons (Fsp3) is 0.682. The summed E-state index contributed by atoms with van der Waals surface area (Å²) in [7, 11) is 0. The number of rotatable bonds is 5. The van der Waals surface area contributed by atoms with Gasteiger partial charge in [-0.05, 0) is 39.5 Å². The van der Waals surface area contributed by atoms with Gasteiger partial charge in [-0.15, -0.1) is 0 Å². The molecule has 0 spiro atoms. The minimum absolute atomic E-state index is 0. The maximum atomic E-state index is 12.6. The first-order valence-corrected chi connectivity index (χ1v) is 10.9. The fourth-order valence-corrected chi connectivity index (χ4v) is 3.61. The van der Waals surface area contributed by atoms with Crippen LogP contribution in [0.1, 0.15) is 59.8 Å². The monoisotopic (exact) mass is 541 g/mol. The summed E-state index contributed by atoms with van der Waals surface area (Å²) in [5, 5.41) is 6.61. The van der Waals surface area contributed by atoms with Crippen molar-refractivity contribution >= 4 is 29.8 Å². The molecule has 11 heteroatoms. The number of amides is 6. The van der Waals surface area contributed by atoms with Crippen molar-refractivity contribution in [1.29, 1.82) is 0 Å². The van der Waals surface area contributed by atoms with E-state index in [0.29, 0.717) is 12.8 Å². The van der Waals surface area contributed by atoms with Crippen molar-refractivity contribution in [1.82, 2.24) is 20.9 Å². The maximum Gasteiger partial charge on any atom is 0.410 e. The largest absolute Gasteiger partial charge is 0.444 e. The Morgan fingerprint density at radius 2 is 1.67 bits per heavy atom. The van der Waals surface area contributed by atoms with E-state index in [4.69, 9.17) is 4.74 Å². The Kier molecular flexibility index (Phi) is 13.2. The number of carbonyl (C=O) groups is 5. The molecule has 0 aliphatic carbocycles. The summed E-state index contributed by atoms with van der Waals surface area (Å²) in [6.45, 7) is 14.6. The molecular formula is C22H36N4O6Y-2. The maximum absolute atomic E-state index is 12.6. The van der Waals surface area contributed by atoms with E-state index in [1.807, 2.05) is 0 Å². The van der Waals surface area contributed by atoms with Crippen molar-refractivity contribution in [2.45, 2.75) is 65.4 Å². The number of likely N-dealkylation sites (tertiary alicyclic amines) is 1. The minimum atomic E-state index is -1.64. The van der Waals surface area contributed by atoms with Gasteiger partial charge in [0.05, 0.1) is 5.91 Å². The van der Waals surface area contributed by atoms with Crippen LogP contribution in [0, 0.1) is 25.2 Å². The zero-order valence-corrected chi connectivity index (χ0v) is 23.0. The van der Waals surface area contributed by atoms with Crippen LogP contribution in [0.2, 0.25) is 0 Å². The Labute approximate surface area is 221 Å². The van der Waals surface area contributed by atoms with Crippen LogP contribution in [0.25, 0.3) is 0 Å². The number of ether oxygens (including phenoxy) is 1. The van der Waals surface area contributed by atoms with E-state index in [2.05, 4.69) is 36.7 Å². The number of barbiturate groups is 1. The van der Waals surface area contributed by atoms with Crippen molar-refractivity contribution < 1.29 is 61.4 Å². The second-order valence-corrected chi connectivity index (χ2v) is 8.93. The Morgan fingerprint density at radius 3 is 2.03 bits per heavy atom. The Balaban J connectivity index is 0.00000154. The fourth-order valence-electron chi connectivity index (χ4n) is 3.61. The third-order valence-electron chi connectivity index (χ3n) is 5.28. The van der Waals surface area contributed by atoms with Crippen LogP contribution in [-0.4, -0.2) is 60.0 Å². The number of carbonyl (C=O) groups excluding carboxylic acids is 5. The van der Waals surface area contributed by atoms with Crippen molar-refractivity contribution in [2.75, 3.05) is 19.6 Å². The zero-order chi connectivity index (χ0) is 24.5. The van der Waals surface area contributed by atoms with Crippen LogP contribution >= 0.6 is 0 Å². The zero-order valence-electron chi connectivity index (χ0n) is 20.1. The molecule has 6 amide bonds. The standard InChI is InChI=1S/C17H25N4O6.C5H11.Y/c1-10(22)18-9-17(12(23)19-14(25)20-13(17)24)11-5-7-21(8-6-11)15(26)27-16(2,3)4;1-3-5-4-2;/h11H,1,5-9H2,2-4H3,(H,18,22)(H2,19,20,23,24,25);1,3-5H2,2H3;/q2*-1;. The molecule has 0 bridgehead atoms.